The molecule has 2 nitrogen and oxygen atoms in total. The number of hydrogen-bond acceptors (Lipinski definition) is 2. The van der Waals surface area contributed by atoms with E-state index in [0.717, 1.165) is 6.42 Å². The van der Waals surface area contributed by atoms with Gasteiger partial charge in [-0.25, -0.2) is 0 Å². The molecule has 0 aromatic rings. The van der Waals surface area contributed by atoms with Gasteiger partial charge in [0.2, 0.25) is 5.78 Å². The number of ketones is 1. The summed E-state index contributed by atoms with van der Waals surface area (Å²) in [6, 6.07) is 0. The van der Waals surface area contributed by atoms with Gasteiger partial charge in [-0.1, -0.05) is 6.08 Å². The molecule has 0 N–H and O–H groups in total. The van der Waals surface area contributed by atoms with Gasteiger partial charge >= 0.3 is 0 Å². The summed E-state index contributed by atoms with van der Waals surface area (Å²) in [5.74, 6) is 0.549. The number of Topliss-reactive ketones (excluding diaryl/α,β-unsaturated/α-hetero) is 1. The van der Waals surface area contributed by atoms with Crippen LogP contribution in [0.1, 0.15) is 12.8 Å². The van der Waals surface area contributed by atoms with Crippen molar-refractivity contribution >= 4 is 5.78 Å². The topological polar surface area (TPSA) is 26.3 Å². The largest absolute Gasteiger partial charge is 0.490 e. The highest BCUT2D eigenvalue weighted by Crippen LogP contribution is 2.11. The molecule has 0 unspecified atom stereocenters. The van der Waals surface area contributed by atoms with Gasteiger partial charge < -0.3 is 4.74 Å². The molecule has 0 saturated carbocycles. The molecule has 0 saturated heterocycles. The third-order valence-corrected chi connectivity index (χ3v) is 1.31. The molecular weight excluding hydrogens is 128 g/mol. The average Bonchev–Trinajstić information content (AvgIpc) is 2.38. The van der Waals surface area contributed by atoms with E-state index in [2.05, 4.69) is 6.58 Å². The molecule has 0 aromatic heterocycles. The van der Waals surface area contributed by atoms with Gasteiger partial charge in [0.25, 0.3) is 0 Å². The second-order valence-corrected chi connectivity index (χ2v) is 2.12. The Morgan fingerprint density at radius 3 is 3.20 bits per heavy atom. The molecule has 54 valence electrons. The summed E-state index contributed by atoms with van der Waals surface area (Å²) in [6.07, 6.45) is 4.65. The number of ether oxygens (including phenoxy) is 1. The molecule has 0 spiro atoms. The monoisotopic (exact) mass is 138 g/mol. The first-order valence-electron chi connectivity index (χ1n) is 3.31. The molecule has 1 rings (SSSR count). The van der Waals surface area contributed by atoms with Gasteiger partial charge in [0, 0.05) is 12.8 Å². The van der Waals surface area contributed by atoms with Crippen LogP contribution < -0.4 is 0 Å². The zero-order valence-corrected chi connectivity index (χ0v) is 5.80. The van der Waals surface area contributed by atoms with E-state index in [-0.39, 0.29) is 5.78 Å². The van der Waals surface area contributed by atoms with Crippen molar-refractivity contribution in [1.82, 2.24) is 0 Å². The van der Waals surface area contributed by atoms with Gasteiger partial charge in [-0.2, -0.15) is 0 Å². The van der Waals surface area contributed by atoms with Crippen LogP contribution in [0.2, 0.25) is 0 Å². The zero-order chi connectivity index (χ0) is 7.40. The Bertz CT molecular complexity index is 180. The Morgan fingerprint density at radius 2 is 2.70 bits per heavy atom. The zero-order valence-electron chi connectivity index (χ0n) is 5.80. The van der Waals surface area contributed by atoms with Crippen LogP contribution in [-0.4, -0.2) is 12.4 Å². The lowest BCUT2D eigenvalue weighted by Crippen LogP contribution is -2.00. The fourth-order valence-electron chi connectivity index (χ4n) is 0.844. The summed E-state index contributed by atoms with van der Waals surface area (Å²) in [7, 11) is 0. The van der Waals surface area contributed by atoms with E-state index >= 15 is 0 Å². The van der Waals surface area contributed by atoms with Crippen LogP contribution in [0, 0.1) is 0 Å². The van der Waals surface area contributed by atoms with Crippen molar-refractivity contribution in [2.75, 3.05) is 6.61 Å². The third kappa shape index (κ3) is 1.47. The summed E-state index contributed by atoms with van der Waals surface area (Å²) in [5.41, 5.74) is 0. The summed E-state index contributed by atoms with van der Waals surface area (Å²) < 4.78 is 5.03. The molecule has 0 aliphatic carbocycles. The lowest BCUT2D eigenvalue weighted by Gasteiger charge is -1.98. The summed E-state index contributed by atoms with van der Waals surface area (Å²) in [5, 5.41) is 0. The minimum atomic E-state index is 0.0347. The molecule has 0 fully saturated rings. The van der Waals surface area contributed by atoms with Crippen LogP contribution in [0.4, 0.5) is 0 Å². The SMILES string of the molecule is C=CCC(=O)C1=CCCO1. The van der Waals surface area contributed by atoms with Gasteiger partial charge in [-0.15, -0.1) is 6.58 Å². The first-order valence-corrected chi connectivity index (χ1v) is 3.31. The van der Waals surface area contributed by atoms with E-state index in [1.165, 1.54) is 0 Å². The Labute approximate surface area is 60.2 Å². The van der Waals surface area contributed by atoms with Crippen LogP contribution >= 0.6 is 0 Å². The second kappa shape index (κ2) is 3.20. The number of carbonyl (C=O) groups excluding carboxylic acids is 1. The normalized spacial score (nSPS) is 15.8. The predicted octanol–water partition coefficient (Wildman–Crippen LogP) is 1.44. The van der Waals surface area contributed by atoms with E-state index in [9.17, 15) is 4.79 Å². The minimum absolute atomic E-state index is 0.0347. The maximum Gasteiger partial charge on any atom is 0.200 e. The molecule has 0 radical (unpaired) electrons. The van der Waals surface area contributed by atoms with Gasteiger partial charge in [0.15, 0.2) is 5.76 Å². The van der Waals surface area contributed by atoms with Crippen LogP contribution in [0.25, 0.3) is 0 Å². The minimum Gasteiger partial charge on any atom is -0.490 e. The fraction of sp³-hybridized carbons (Fsp3) is 0.375. The first kappa shape index (κ1) is 7.06. The molecule has 0 aromatic carbocycles. The lowest BCUT2D eigenvalue weighted by atomic mass is 10.2. The van der Waals surface area contributed by atoms with E-state index in [1.807, 2.05) is 6.08 Å². The maximum absolute atomic E-state index is 11.0. The van der Waals surface area contributed by atoms with E-state index in [1.54, 1.807) is 6.08 Å². The van der Waals surface area contributed by atoms with Crippen molar-refractivity contribution in [3.63, 3.8) is 0 Å². The lowest BCUT2D eigenvalue weighted by molar-refractivity contribution is -0.117. The number of hydrogen-bond donors (Lipinski definition) is 0. The van der Waals surface area contributed by atoms with Crippen LogP contribution in [-0.2, 0) is 9.53 Å². The van der Waals surface area contributed by atoms with Crippen LogP contribution in [0.3, 0.4) is 0 Å². The van der Waals surface area contributed by atoms with Gasteiger partial charge in [-0.3, -0.25) is 4.79 Å². The molecule has 0 amide bonds. The van der Waals surface area contributed by atoms with E-state index in [0.29, 0.717) is 18.8 Å². The Kier molecular flexibility index (Phi) is 2.26. The Morgan fingerprint density at radius 1 is 1.90 bits per heavy atom. The second-order valence-electron chi connectivity index (χ2n) is 2.12. The highest BCUT2D eigenvalue weighted by molar-refractivity contribution is 5.94. The van der Waals surface area contributed by atoms with Gasteiger partial charge in [-0.05, 0) is 6.08 Å². The average molecular weight is 138 g/mol. The molecule has 2 heteroatoms. The molecule has 0 atom stereocenters. The summed E-state index contributed by atoms with van der Waals surface area (Å²) in [6.45, 7) is 4.12. The van der Waals surface area contributed by atoms with Crippen LogP contribution in [0.5, 0.6) is 0 Å². The quantitative estimate of drug-likeness (QED) is 0.551. The third-order valence-electron chi connectivity index (χ3n) is 1.31. The smallest absolute Gasteiger partial charge is 0.200 e. The molecule has 1 heterocycles. The highest BCUT2D eigenvalue weighted by atomic mass is 16.5. The van der Waals surface area contributed by atoms with Crippen molar-refractivity contribution in [2.24, 2.45) is 0 Å². The summed E-state index contributed by atoms with van der Waals surface area (Å²) in [4.78, 5) is 11.0. The van der Waals surface area contributed by atoms with Crippen molar-refractivity contribution in [3.8, 4) is 0 Å². The number of rotatable bonds is 3. The molecule has 1 aliphatic rings. The Balaban J connectivity index is 2.47. The van der Waals surface area contributed by atoms with Gasteiger partial charge in [0.05, 0.1) is 6.61 Å². The molecular formula is C8H10O2. The number of allylic oxidation sites excluding steroid dienone is 2. The predicted molar refractivity (Wildman–Crippen MR) is 38.5 cm³/mol. The first-order chi connectivity index (χ1) is 4.84. The van der Waals surface area contributed by atoms with Gasteiger partial charge in [0.1, 0.15) is 0 Å². The van der Waals surface area contributed by atoms with E-state index < -0.39 is 0 Å². The van der Waals surface area contributed by atoms with Crippen molar-refractivity contribution in [3.05, 3.63) is 24.5 Å². The van der Waals surface area contributed by atoms with Crippen molar-refractivity contribution in [1.29, 1.82) is 0 Å². The fourth-order valence-corrected chi connectivity index (χ4v) is 0.844. The summed E-state index contributed by atoms with van der Waals surface area (Å²) >= 11 is 0. The molecule has 10 heavy (non-hydrogen) atoms. The van der Waals surface area contributed by atoms with E-state index in [4.69, 9.17) is 4.74 Å². The highest BCUT2D eigenvalue weighted by Gasteiger charge is 2.12. The Hall–Kier alpha value is -1.05. The maximum atomic E-state index is 11.0. The molecule has 1 aliphatic heterocycles. The van der Waals surface area contributed by atoms with Crippen molar-refractivity contribution < 1.29 is 9.53 Å². The van der Waals surface area contributed by atoms with Crippen molar-refractivity contribution in [2.45, 2.75) is 12.8 Å². The van der Waals surface area contributed by atoms with Crippen LogP contribution in [0.15, 0.2) is 24.5 Å². The standard InChI is InChI=1S/C8H10O2/c1-2-4-7(9)8-5-3-6-10-8/h2,5H,1,3-4,6H2. The molecule has 0 bridgehead atoms. The number of carbonyl (C=O) groups is 1.